The second kappa shape index (κ2) is 6.79. The summed E-state index contributed by atoms with van der Waals surface area (Å²) in [4.78, 5) is 44.5. The lowest BCUT2D eigenvalue weighted by atomic mass is 10.1. The third-order valence-electron chi connectivity index (χ3n) is 5.07. The van der Waals surface area contributed by atoms with Crippen LogP contribution in [0.1, 0.15) is 30.3 Å². The molecule has 1 N–H and O–H groups in total. The minimum atomic E-state index is -0.799. The molecule has 4 heterocycles. The molecule has 1 fully saturated rings. The highest BCUT2D eigenvalue weighted by Gasteiger charge is 2.31. The number of nitrogens with one attached hydrogen (secondary N) is 1. The molecule has 0 aliphatic carbocycles. The first-order valence-electron chi connectivity index (χ1n) is 9.26. The number of nitrogens with zero attached hydrogens (tertiary/aromatic N) is 5. The van der Waals surface area contributed by atoms with E-state index in [2.05, 4.69) is 20.4 Å². The second-order valence-electron chi connectivity index (χ2n) is 7.09. The lowest BCUT2D eigenvalue weighted by Gasteiger charge is -2.21. The number of fused-ring (bicyclic) bond motifs is 1. The van der Waals surface area contributed by atoms with Crippen molar-refractivity contribution in [1.29, 1.82) is 0 Å². The predicted octanol–water partition coefficient (Wildman–Crippen LogP) is 0.946. The van der Waals surface area contributed by atoms with Gasteiger partial charge < -0.3 is 13.5 Å². The molecule has 0 saturated carbocycles. The van der Waals surface area contributed by atoms with E-state index < -0.39 is 17.7 Å². The van der Waals surface area contributed by atoms with Crippen LogP contribution < -0.4 is 11.1 Å². The highest BCUT2D eigenvalue weighted by molar-refractivity contribution is 6.00. The normalized spacial score (nSPS) is 16.9. The Balaban J connectivity index is 1.47. The van der Waals surface area contributed by atoms with Gasteiger partial charge in [0.15, 0.2) is 5.58 Å². The van der Waals surface area contributed by atoms with E-state index >= 15 is 0 Å². The van der Waals surface area contributed by atoms with Crippen molar-refractivity contribution in [1.82, 2.24) is 29.6 Å². The molecule has 1 aromatic carbocycles. The number of carbonyl (C=O) groups is 2. The zero-order valence-corrected chi connectivity index (χ0v) is 15.9. The molecule has 152 valence electrons. The van der Waals surface area contributed by atoms with Gasteiger partial charge in [-0.05, 0) is 24.1 Å². The van der Waals surface area contributed by atoms with Gasteiger partial charge in [0.2, 0.25) is 23.5 Å². The summed E-state index contributed by atoms with van der Waals surface area (Å²) >= 11 is 0. The number of imidazole rings is 1. The molecule has 1 unspecified atom stereocenters. The highest BCUT2D eigenvalue weighted by atomic mass is 16.5. The maximum atomic E-state index is 12.4. The van der Waals surface area contributed by atoms with Crippen molar-refractivity contribution in [2.75, 3.05) is 0 Å². The molecule has 1 aliphatic heterocycles. The molecular weight excluding hydrogens is 392 g/mol. The summed E-state index contributed by atoms with van der Waals surface area (Å²) in [5, 5.41) is 6.25. The quantitative estimate of drug-likeness (QED) is 0.493. The largest absolute Gasteiger partial charge is 0.420 e. The van der Waals surface area contributed by atoms with E-state index in [-0.39, 0.29) is 18.7 Å². The molecule has 4 aromatic rings. The van der Waals surface area contributed by atoms with Gasteiger partial charge in [0.25, 0.3) is 0 Å². The van der Waals surface area contributed by atoms with E-state index in [9.17, 15) is 14.4 Å². The fraction of sp³-hybridized carbons (Fsp3) is 0.263. The van der Waals surface area contributed by atoms with Crippen LogP contribution in [0.15, 0.2) is 44.5 Å². The summed E-state index contributed by atoms with van der Waals surface area (Å²) in [6, 6.07) is 4.39. The number of imide groups is 1. The van der Waals surface area contributed by atoms with Gasteiger partial charge in [0.1, 0.15) is 11.7 Å². The maximum Gasteiger partial charge on any atom is 0.420 e. The van der Waals surface area contributed by atoms with Gasteiger partial charge >= 0.3 is 5.76 Å². The molecule has 0 radical (unpaired) electrons. The number of rotatable bonds is 4. The Bertz CT molecular complexity index is 1340. The zero-order chi connectivity index (χ0) is 20.8. The van der Waals surface area contributed by atoms with Crippen LogP contribution >= 0.6 is 0 Å². The van der Waals surface area contributed by atoms with Crippen LogP contribution in [-0.2, 0) is 23.1 Å². The summed E-state index contributed by atoms with van der Waals surface area (Å²) < 4.78 is 13.7. The first-order chi connectivity index (χ1) is 14.5. The molecule has 5 rings (SSSR count). The summed E-state index contributed by atoms with van der Waals surface area (Å²) in [5.41, 5.74) is 2.35. The molecular formula is C19H16N6O5. The Morgan fingerprint density at radius 3 is 2.90 bits per heavy atom. The van der Waals surface area contributed by atoms with E-state index in [0.717, 1.165) is 11.3 Å². The average Bonchev–Trinajstić information content (AvgIpc) is 3.41. The van der Waals surface area contributed by atoms with Crippen LogP contribution in [0.4, 0.5) is 0 Å². The Hall–Kier alpha value is -4.02. The van der Waals surface area contributed by atoms with Gasteiger partial charge in [0.05, 0.1) is 24.5 Å². The molecule has 1 aliphatic rings. The fourth-order valence-corrected chi connectivity index (χ4v) is 3.59. The molecule has 1 atom stereocenters. The van der Waals surface area contributed by atoms with E-state index in [1.165, 1.54) is 4.57 Å². The van der Waals surface area contributed by atoms with Crippen LogP contribution in [0.2, 0.25) is 0 Å². The number of aryl methyl sites for hydroxylation is 1. The Kier molecular flexibility index (Phi) is 4.09. The predicted molar refractivity (Wildman–Crippen MR) is 101 cm³/mol. The topological polar surface area (TPSA) is 138 Å². The van der Waals surface area contributed by atoms with Crippen LogP contribution in [0.25, 0.3) is 22.6 Å². The molecule has 3 aromatic heterocycles. The summed E-state index contributed by atoms with van der Waals surface area (Å²) in [6.07, 6.45) is 4.02. The van der Waals surface area contributed by atoms with Crippen LogP contribution in [0, 0.1) is 0 Å². The number of piperidine rings is 1. The van der Waals surface area contributed by atoms with Gasteiger partial charge in [-0.1, -0.05) is 11.2 Å². The van der Waals surface area contributed by atoms with Crippen molar-refractivity contribution in [3.05, 3.63) is 52.7 Å². The molecule has 11 heteroatoms. The van der Waals surface area contributed by atoms with E-state index in [4.69, 9.17) is 8.94 Å². The van der Waals surface area contributed by atoms with Gasteiger partial charge in [-0.25, -0.2) is 9.78 Å². The fourth-order valence-electron chi connectivity index (χ4n) is 3.59. The lowest BCUT2D eigenvalue weighted by molar-refractivity contribution is -0.135. The first-order valence-corrected chi connectivity index (χ1v) is 9.26. The summed E-state index contributed by atoms with van der Waals surface area (Å²) in [5.74, 6) is -0.690. The third-order valence-corrected chi connectivity index (χ3v) is 5.07. The molecule has 30 heavy (non-hydrogen) atoms. The minimum absolute atomic E-state index is 0.161. The van der Waals surface area contributed by atoms with Crippen molar-refractivity contribution in [2.45, 2.75) is 25.3 Å². The Morgan fingerprint density at radius 1 is 1.27 bits per heavy atom. The second-order valence-corrected chi connectivity index (χ2v) is 7.09. The maximum absolute atomic E-state index is 12.4. The monoisotopic (exact) mass is 408 g/mol. The number of hydrogen-bond acceptors (Lipinski definition) is 8. The van der Waals surface area contributed by atoms with Gasteiger partial charge in [-0.15, -0.1) is 0 Å². The number of oxazole rings is 1. The molecule has 0 spiro atoms. The summed E-state index contributed by atoms with van der Waals surface area (Å²) in [6.45, 7) is 0. The van der Waals surface area contributed by atoms with E-state index in [1.807, 2.05) is 7.05 Å². The van der Waals surface area contributed by atoms with Crippen molar-refractivity contribution in [2.24, 2.45) is 7.05 Å². The standard InChI is InChI=1S/C19H16N6O5/c1-24-9-20-8-13(24)17-22-16(30-23-17)7-10-2-4-14-12(6-10)25(19(28)29-14)11-3-5-15(26)21-18(11)27/h2,4,6,8-9,11H,3,5,7H2,1H3,(H,21,26,27). The number of benzene rings is 1. The van der Waals surface area contributed by atoms with Gasteiger partial charge in [-0.3, -0.25) is 19.5 Å². The highest BCUT2D eigenvalue weighted by Crippen LogP contribution is 2.25. The van der Waals surface area contributed by atoms with Crippen LogP contribution in [0.5, 0.6) is 0 Å². The average molecular weight is 408 g/mol. The van der Waals surface area contributed by atoms with Crippen molar-refractivity contribution < 1.29 is 18.5 Å². The van der Waals surface area contributed by atoms with Crippen molar-refractivity contribution in [3.8, 4) is 11.5 Å². The smallest absolute Gasteiger partial charge is 0.408 e. The Labute approximate surface area is 168 Å². The molecule has 1 saturated heterocycles. The Morgan fingerprint density at radius 2 is 2.13 bits per heavy atom. The SMILES string of the molecule is Cn1cncc1-c1noc(Cc2ccc3oc(=O)n(C4CCC(=O)NC4=O)c3c2)n1. The van der Waals surface area contributed by atoms with Gasteiger partial charge in [-0.2, -0.15) is 4.98 Å². The number of amides is 2. The lowest BCUT2D eigenvalue weighted by Crippen LogP contribution is -2.43. The van der Waals surface area contributed by atoms with Crippen LogP contribution in [-0.4, -0.2) is 36.1 Å². The summed E-state index contributed by atoms with van der Waals surface area (Å²) in [7, 11) is 1.83. The third kappa shape index (κ3) is 3.00. The molecule has 11 nitrogen and oxygen atoms in total. The molecule has 2 amide bonds. The van der Waals surface area contributed by atoms with Crippen molar-refractivity contribution >= 4 is 22.9 Å². The first kappa shape index (κ1) is 18.0. The number of aromatic nitrogens is 5. The van der Waals surface area contributed by atoms with E-state index in [1.54, 1.807) is 35.3 Å². The minimum Gasteiger partial charge on any atom is -0.408 e. The van der Waals surface area contributed by atoms with Crippen LogP contribution in [0.3, 0.4) is 0 Å². The zero-order valence-electron chi connectivity index (χ0n) is 15.9. The number of hydrogen-bond donors (Lipinski definition) is 1. The van der Waals surface area contributed by atoms with Gasteiger partial charge in [0, 0.05) is 13.5 Å². The van der Waals surface area contributed by atoms with Crippen molar-refractivity contribution in [3.63, 3.8) is 0 Å². The van der Waals surface area contributed by atoms with E-state index in [0.29, 0.717) is 29.2 Å². The molecule has 0 bridgehead atoms. The number of carbonyl (C=O) groups excluding carboxylic acids is 2.